The third-order valence-electron chi connectivity index (χ3n) is 4.56. The van der Waals surface area contributed by atoms with Crippen molar-refractivity contribution in [2.45, 2.75) is 33.7 Å². The summed E-state index contributed by atoms with van der Waals surface area (Å²) in [6.07, 6.45) is 0.863. The molecule has 6 nitrogen and oxygen atoms in total. The van der Waals surface area contributed by atoms with Crippen molar-refractivity contribution in [2.24, 2.45) is 0 Å². The molecule has 2 aromatic heterocycles. The highest BCUT2D eigenvalue weighted by Crippen LogP contribution is 2.19. The van der Waals surface area contributed by atoms with Crippen molar-refractivity contribution < 1.29 is 4.39 Å². The van der Waals surface area contributed by atoms with Gasteiger partial charge >= 0.3 is 0 Å². The van der Waals surface area contributed by atoms with E-state index in [4.69, 9.17) is 0 Å². The molecule has 0 saturated heterocycles. The van der Waals surface area contributed by atoms with E-state index in [1.807, 2.05) is 6.92 Å². The molecule has 0 aliphatic rings. The first-order chi connectivity index (χ1) is 12.0. The van der Waals surface area contributed by atoms with Crippen LogP contribution in [-0.2, 0) is 6.54 Å². The van der Waals surface area contributed by atoms with Crippen LogP contribution < -0.4 is 5.56 Å². The smallest absolute Gasteiger partial charge is 0.281 e. The van der Waals surface area contributed by atoms with Crippen LogP contribution in [-0.4, -0.2) is 44.3 Å². The molecule has 2 heterocycles. The highest BCUT2D eigenvalue weighted by Gasteiger charge is 2.13. The summed E-state index contributed by atoms with van der Waals surface area (Å²) in [5, 5.41) is 8.63. The first-order valence-corrected chi connectivity index (χ1v) is 8.60. The number of aromatic nitrogens is 4. The molecule has 3 aromatic rings. The number of hydrogen-bond donors (Lipinski definition) is 0. The molecule has 25 heavy (non-hydrogen) atoms. The zero-order chi connectivity index (χ0) is 18.0. The summed E-state index contributed by atoms with van der Waals surface area (Å²) >= 11 is 0. The van der Waals surface area contributed by atoms with E-state index in [0.29, 0.717) is 28.8 Å². The lowest BCUT2D eigenvalue weighted by atomic mass is 10.2. The molecule has 0 spiro atoms. The average molecular weight is 343 g/mol. The summed E-state index contributed by atoms with van der Waals surface area (Å²) in [4.78, 5) is 19.7. The number of nitrogens with zero attached hydrogens (tertiary/aromatic N) is 5. The van der Waals surface area contributed by atoms with Gasteiger partial charge < -0.3 is 4.90 Å². The number of fused-ring (bicyclic) bond motifs is 3. The first-order valence-electron chi connectivity index (χ1n) is 8.60. The fourth-order valence-corrected chi connectivity index (χ4v) is 3.08. The SMILES string of the molecule is CCN(CC)CCCn1c(C)nc2c(nnc3cc(F)ccc32)c1=O. The maximum atomic E-state index is 13.4. The molecule has 0 saturated carbocycles. The van der Waals surface area contributed by atoms with Gasteiger partial charge in [-0.2, -0.15) is 0 Å². The van der Waals surface area contributed by atoms with Gasteiger partial charge in [0.15, 0.2) is 5.52 Å². The van der Waals surface area contributed by atoms with E-state index < -0.39 is 0 Å². The van der Waals surface area contributed by atoms with Gasteiger partial charge in [-0.15, -0.1) is 10.2 Å². The number of aryl methyl sites for hydroxylation is 1. The van der Waals surface area contributed by atoms with E-state index in [1.54, 1.807) is 10.6 Å². The van der Waals surface area contributed by atoms with Crippen molar-refractivity contribution in [3.63, 3.8) is 0 Å². The van der Waals surface area contributed by atoms with E-state index in [1.165, 1.54) is 12.1 Å². The molecule has 3 rings (SSSR count). The summed E-state index contributed by atoms with van der Waals surface area (Å²) in [6, 6.07) is 4.24. The van der Waals surface area contributed by atoms with Crippen molar-refractivity contribution in [1.29, 1.82) is 0 Å². The molecule has 7 heteroatoms. The molecule has 0 aliphatic carbocycles. The van der Waals surface area contributed by atoms with Crippen LogP contribution >= 0.6 is 0 Å². The molecule has 0 N–H and O–H groups in total. The molecular formula is C18H22FN5O. The van der Waals surface area contributed by atoms with Gasteiger partial charge in [0.1, 0.15) is 17.2 Å². The molecule has 0 fully saturated rings. The number of benzene rings is 1. The van der Waals surface area contributed by atoms with E-state index in [2.05, 4.69) is 33.9 Å². The highest BCUT2D eigenvalue weighted by atomic mass is 19.1. The van der Waals surface area contributed by atoms with Crippen molar-refractivity contribution in [3.8, 4) is 0 Å². The Balaban J connectivity index is 2.00. The van der Waals surface area contributed by atoms with E-state index in [-0.39, 0.29) is 16.9 Å². The lowest BCUT2D eigenvalue weighted by Crippen LogP contribution is -2.29. The molecule has 0 radical (unpaired) electrons. The van der Waals surface area contributed by atoms with Crippen LogP contribution in [0.4, 0.5) is 4.39 Å². The summed E-state index contributed by atoms with van der Waals surface area (Å²) in [7, 11) is 0. The fraction of sp³-hybridized carbons (Fsp3) is 0.444. The molecule has 0 unspecified atom stereocenters. The second kappa shape index (κ2) is 7.23. The van der Waals surface area contributed by atoms with Gasteiger partial charge in [-0.3, -0.25) is 9.36 Å². The van der Waals surface area contributed by atoms with Crippen LogP contribution in [0.2, 0.25) is 0 Å². The Labute approximate surface area is 145 Å². The number of halogens is 1. The van der Waals surface area contributed by atoms with Gasteiger partial charge in [0.25, 0.3) is 5.56 Å². The average Bonchev–Trinajstić information content (AvgIpc) is 2.60. The Morgan fingerprint density at radius 2 is 1.92 bits per heavy atom. The summed E-state index contributed by atoms with van der Waals surface area (Å²) in [6.45, 7) is 9.58. The van der Waals surface area contributed by atoms with Crippen molar-refractivity contribution >= 4 is 21.9 Å². The molecule has 0 atom stereocenters. The van der Waals surface area contributed by atoms with E-state index in [9.17, 15) is 9.18 Å². The van der Waals surface area contributed by atoms with Crippen LogP contribution in [0.15, 0.2) is 23.0 Å². The monoisotopic (exact) mass is 343 g/mol. The van der Waals surface area contributed by atoms with E-state index in [0.717, 1.165) is 26.1 Å². The minimum Gasteiger partial charge on any atom is -0.304 e. The summed E-state index contributed by atoms with van der Waals surface area (Å²) in [5.74, 6) is 0.248. The summed E-state index contributed by atoms with van der Waals surface area (Å²) in [5.41, 5.74) is 0.916. The largest absolute Gasteiger partial charge is 0.304 e. The quantitative estimate of drug-likeness (QED) is 0.644. The number of hydrogen-bond acceptors (Lipinski definition) is 5. The molecular weight excluding hydrogens is 321 g/mol. The van der Waals surface area contributed by atoms with Gasteiger partial charge in [0, 0.05) is 18.0 Å². The van der Waals surface area contributed by atoms with Gasteiger partial charge in [-0.1, -0.05) is 13.8 Å². The second-order valence-electron chi connectivity index (χ2n) is 6.05. The Hall–Kier alpha value is -2.41. The van der Waals surface area contributed by atoms with Crippen molar-refractivity contribution in [2.75, 3.05) is 19.6 Å². The van der Waals surface area contributed by atoms with Crippen molar-refractivity contribution in [3.05, 3.63) is 40.2 Å². The predicted molar refractivity (Wildman–Crippen MR) is 96.2 cm³/mol. The lowest BCUT2D eigenvalue weighted by molar-refractivity contribution is 0.292. The summed E-state index contributed by atoms with van der Waals surface area (Å²) < 4.78 is 15.0. The van der Waals surface area contributed by atoms with E-state index >= 15 is 0 Å². The third-order valence-corrected chi connectivity index (χ3v) is 4.56. The molecule has 0 bridgehead atoms. The molecule has 0 aliphatic heterocycles. The predicted octanol–water partition coefficient (Wildman–Crippen LogP) is 2.52. The Morgan fingerprint density at radius 1 is 1.16 bits per heavy atom. The third kappa shape index (κ3) is 3.37. The van der Waals surface area contributed by atoms with Gasteiger partial charge in [0.05, 0.1) is 5.52 Å². The van der Waals surface area contributed by atoms with Crippen LogP contribution in [0.25, 0.3) is 21.9 Å². The van der Waals surface area contributed by atoms with Crippen molar-refractivity contribution in [1.82, 2.24) is 24.6 Å². The number of rotatable bonds is 6. The standard InChI is InChI=1S/C18H22FN5O/c1-4-23(5-2)9-6-10-24-12(3)20-16-14-8-7-13(19)11-15(14)21-22-17(16)18(24)25/h7-8,11H,4-6,9-10H2,1-3H3. The van der Waals surface area contributed by atoms with Crippen LogP contribution in [0.1, 0.15) is 26.1 Å². The molecule has 1 aromatic carbocycles. The normalized spacial score (nSPS) is 11.7. The Morgan fingerprint density at radius 3 is 2.64 bits per heavy atom. The highest BCUT2D eigenvalue weighted by molar-refractivity contribution is 6.00. The Kier molecular flexibility index (Phi) is 5.03. The zero-order valence-corrected chi connectivity index (χ0v) is 14.8. The van der Waals surface area contributed by atoms with Crippen LogP contribution in [0.3, 0.4) is 0 Å². The molecule has 132 valence electrons. The minimum absolute atomic E-state index is 0.194. The lowest BCUT2D eigenvalue weighted by Gasteiger charge is -2.18. The minimum atomic E-state index is -0.386. The van der Waals surface area contributed by atoms with Gasteiger partial charge in [-0.25, -0.2) is 9.37 Å². The fourth-order valence-electron chi connectivity index (χ4n) is 3.08. The maximum Gasteiger partial charge on any atom is 0.281 e. The van der Waals surface area contributed by atoms with Gasteiger partial charge in [-0.05, 0) is 45.1 Å². The molecule has 0 amide bonds. The Bertz CT molecular complexity index is 965. The first kappa shape index (κ1) is 17.4. The van der Waals surface area contributed by atoms with Gasteiger partial charge in [0.2, 0.25) is 0 Å². The zero-order valence-electron chi connectivity index (χ0n) is 14.8. The van der Waals surface area contributed by atoms with Crippen LogP contribution in [0.5, 0.6) is 0 Å². The maximum absolute atomic E-state index is 13.4. The topological polar surface area (TPSA) is 63.9 Å². The van der Waals surface area contributed by atoms with Crippen LogP contribution in [0, 0.1) is 12.7 Å². The second-order valence-corrected chi connectivity index (χ2v) is 6.05.